The van der Waals surface area contributed by atoms with Gasteiger partial charge in [0, 0.05) is 46.5 Å². The molecule has 5 nitrogen and oxygen atoms in total. The number of benzene rings is 5. The van der Waals surface area contributed by atoms with E-state index in [9.17, 15) is 0 Å². The summed E-state index contributed by atoms with van der Waals surface area (Å²) in [4.78, 5) is 23.8. The predicted octanol–water partition coefficient (Wildman–Crippen LogP) is 10.6. The summed E-state index contributed by atoms with van der Waals surface area (Å²) in [5.41, 5.74) is 12.5. The van der Waals surface area contributed by atoms with E-state index in [0.29, 0.717) is 17.5 Å². The van der Waals surface area contributed by atoms with Crippen molar-refractivity contribution in [3.8, 4) is 78.7 Å². The maximum atomic E-state index is 5.05. The Morgan fingerprint density at radius 1 is 0.327 bits per heavy atom. The number of pyridine rings is 2. The van der Waals surface area contributed by atoms with Crippen LogP contribution >= 0.6 is 0 Å². The summed E-state index contributed by atoms with van der Waals surface area (Å²) in [5.74, 6) is 1.88. The van der Waals surface area contributed by atoms with E-state index in [1.807, 2.05) is 92.1 Å². The zero-order chi connectivity index (χ0) is 33.0. The number of aromatic nitrogens is 5. The molecule has 0 aliphatic carbocycles. The highest BCUT2D eigenvalue weighted by Crippen LogP contribution is 2.35. The Morgan fingerprint density at radius 3 is 1.18 bits per heavy atom. The second kappa shape index (κ2) is 13.3. The summed E-state index contributed by atoms with van der Waals surface area (Å²) in [6, 6.07) is 52.2. The summed E-state index contributed by atoms with van der Waals surface area (Å²) in [6.07, 6.45) is 5.61. The van der Waals surface area contributed by atoms with Gasteiger partial charge in [0.25, 0.3) is 0 Å². The zero-order valence-corrected chi connectivity index (χ0v) is 26.9. The van der Waals surface area contributed by atoms with Gasteiger partial charge in [-0.1, -0.05) is 121 Å². The Morgan fingerprint density at radius 2 is 0.735 bits per heavy atom. The molecule has 0 spiro atoms. The highest BCUT2D eigenvalue weighted by Gasteiger charge is 2.15. The van der Waals surface area contributed by atoms with Crippen molar-refractivity contribution in [2.75, 3.05) is 0 Å². The van der Waals surface area contributed by atoms with E-state index in [1.54, 1.807) is 6.20 Å². The molecular formula is C44H31N5. The third-order valence-electron chi connectivity index (χ3n) is 8.57. The molecule has 0 unspecified atom stereocenters. The van der Waals surface area contributed by atoms with Crippen molar-refractivity contribution in [1.82, 2.24) is 24.9 Å². The third-order valence-corrected chi connectivity index (χ3v) is 8.57. The van der Waals surface area contributed by atoms with Crippen LogP contribution in [0.2, 0.25) is 0 Å². The van der Waals surface area contributed by atoms with Gasteiger partial charge in [0.2, 0.25) is 0 Å². The standard InChI is InChI=1S/C44H31N5/c1-30-14-15-38(29-46-30)32-18-22-34(23-19-32)40-25-39(33-20-16-31(17-21-33)37-13-8-24-45-28-37)26-41(27-40)44-48-42(35-9-4-2-5-10-35)47-43(49-44)36-11-6-3-7-12-36/h2-29H,1H3. The molecule has 8 aromatic rings. The van der Waals surface area contributed by atoms with Crippen LogP contribution < -0.4 is 0 Å². The lowest BCUT2D eigenvalue weighted by Gasteiger charge is -2.13. The highest BCUT2D eigenvalue weighted by molar-refractivity contribution is 5.82. The van der Waals surface area contributed by atoms with Crippen molar-refractivity contribution in [3.05, 3.63) is 176 Å². The molecule has 0 amide bonds. The molecule has 0 bridgehead atoms. The molecule has 0 aliphatic rings. The Hall–Kier alpha value is -6.59. The monoisotopic (exact) mass is 629 g/mol. The van der Waals surface area contributed by atoms with Gasteiger partial charge in [-0.2, -0.15) is 0 Å². The molecular weight excluding hydrogens is 599 g/mol. The van der Waals surface area contributed by atoms with Gasteiger partial charge in [-0.25, -0.2) is 15.0 Å². The number of aryl methyl sites for hydroxylation is 1. The van der Waals surface area contributed by atoms with Crippen LogP contribution in [-0.4, -0.2) is 24.9 Å². The van der Waals surface area contributed by atoms with Crippen molar-refractivity contribution in [1.29, 1.82) is 0 Å². The fourth-order valence-corrected chi connectivity index (χ4v) is 5.91. The first-order valence-electron chi connectivity index (χ1n) is 16.2. The van der Waals surface area contributed by atoms with Gasteiger partial charge in [0.15, 0.2) is 17.5 Å². The molecule has 0 saturated carbocycles. The maximum absolute atomic E-state index is 5.05. The summed E-state index contributed by atoms with van der Waals surface area (Å²) >= 11 is 0. The molecule has 0 aliphatic heterocycles. The molecule has 3 heterocycles. The van der Waals surface area contributed by atoms with Gasteiger partial charge in [-0.3, -0.25) is 9.97 Å². The molecule has 232 valence electrons. The zero-order valence-electron chi connectivity index (χ0n) is 26.9. The maximum Gasteiger partial charge on any atom is 0.164 e. The number of hydrogen-bond donors (Lipinski definition) is 0. The molecule has 0 atom stereocenters. The van der Waals surface area contributed by atoms with Crippen LogP contribution in [0.25, 0.3) is 78.7 Å². The van der Waals surface area contributed by atoms with E-state index in [1.165, 1.54) is 0 Å². The summed E-state index contributed by atoms with van der Waals surface area (Å²) < 4.78 is 0. The molecule has 3 aromatic heterocycles. The summed E-state index contributed by atoms with van der Waals surface area (Å²) in [7, 11) is 0. The van der Waals surface area contributed by atoms with E-state index in [0.717, 1.165) is 66.9 Å². The van der Waals surface area contributed by atoms with Crippen molar-refractivity contribution >= 4 is 0 Å². The van der Waals surface area contributed by atoms with E-state index in [2.05, 4.69) is 88.8 Å². The average molecular weight is 630 g/mol. The molecule has 8 rings (SSSR count). The molecule has 0 fully saturated rings. The van der Waals surface area contributed by atoms with Crippen LogP contribution in [-0.2, 0) is 0 Å². The lowest BCUT2D eigenvalue weighted by atomic mass is 9.94. The SMILES string of the molecule is Cc1ccc(-c2ccc(-c3cc(-c4ccc(-c5cccnc5)cc4)cc(-c4nc(-c5ccccc5)nc(-c5ccccc5)n4)c3)cc2)cn1. The van der Waals surface area contributed by atoms with Crippen molar-refractivity contribution in [3.63, 3.8) is 0 Å². The quantitative estimate of drug-likeness (QED) is 0.175. The van der Waals surface area contributed by atoms with Gasteiger partial charge in [0.1, 0.15) is 0 Å². The number of hydrogen-bond acceptors (Lipinski definition) is 5. The molecule has 5 aromatic carbocycles. The fraction of sp³-hybridized carbons (Fsp3) is 0.0227. The first kappa shape index (κ1) is 29.8. The largest absolute Gasteiger partial charge is 0.264 e. The van der Waals surface area contributed by atoms with Crippen LogP contribution in [0.1, 0.15) is 5.69 Å². The topological polar surface area (TPSA) is 64.5 Å². The first-order chi connectivity index (χ1) is 24.2. The minimum absolute atomic E-state index is 0.616. The van der Waals surface area contributed by atoms with Crippen LogP contribution in [0.15, 0.2) is 170 Å². The second-order valence-electron chi connectivity index (χ2n) is 11.9. The van der Waals surface area contributed by atoms with E-state index in [-0.39, 0.29) is 0 Å². The molecule has 0 radical (unpaired) electrons. The Bertz CT molecular complexity index is 2280. The average Bonchev–Trinajstić information content (AvgIpc) is 3.19. The summed E-state index contributed by atoms with van der Waals surface area (Å²) in [5, 5.41) is 0. The Balaban J connectivity index is 1.27. The lowest BCUT2D eigenvalue weighted by Crippen LogP contribution is -2.00. The molecule has 0 saturated heterocycles. The lowest BCUT2D eigenvalue weighted by molar-refractivity contribution is 1.07. The fourth-order valence-electron chi connectivity index (χ4n) is 5.91. The van der Waals surface area contributed by atoms with Gasteiger partial charge in [-0.05, 0) is 76.2 Å². The van der Waals surface area contributed by atoms with Crippen LogP contribution in [0.3, 0.4) is 0 Å². The van der Waals surface area contributed by atoms with Gasteiger partial charge in [0.05, 0.1) is 0 Å². The number of rotatable bonds is 7. The first-order valence-corrected chi connectivity index (χ1v) is 16.2. The Kier molecular flexibility index (Phi) is 8.06. The van der Waals surface area contributed by atoms with E-state index < -0.39 is 0 Å². The van der Waals surface area contributed by atoms with Gasteiger partial charge < -0.3 is 0 Å². The third kappa shape index (κ3) is 6.51. The van der Waals surface area contributed by atoms with E-state index in [4.69, 9.17) is 15.0 Å². The minimum atomic E-state index is 0.616. The van der Waals surface area contributed by atoms with Crippen molar-refractivity contribution in [2.24, 2.45) is 0 Å². The normalized spacial score (nSPS) is 11.0. The van der Waals surface area contributed by atoms with Gasteiger partial charge >= 0.3 is 0 Å². The van der Waals surface area contributed by atoms with Crippen LogP contribution in [0.4, 0.5) is 0 Å². The highest BCUT2D eigenvalue weighted by atomic mass is 15.0. The Labute approximate surface area is 285 Å². The second-order valence-corrected chi connectivity index (χ2v) is 11.9. The van der Waals surface area contributed by atoms with Gasteiger partial charge in [-0.15, -0.1) is 0 Å². The summed E-state index contributed by atoms with van der Waals surface area (Å²) in [6.45, 7) is 2.00. The molecule has 0 N–H and O–H groups in total. The van der Waals surface area contributed by atoms with Crippen LogP contribution in [0.5, 0.6) is 0 Å². The number of nitrogens with zero attached hydrogens (tertiary/aromatic N) is 5. The smallest absolute Gasteiger partial charge is 0.164 e. The minimum Gasteiger partial charge on any atom is -0.264 e. The van der Waals surface area contributed by atoms with Crippen molar-refractivity contribution < 1.29 is 0 Å². The van der Waals surface area contributed by atoms with Crippen LogP contribution in [0, 0.1) is 6.92 Å². The van der Waals surface area contributed by atoms with E-state index >= 15 is 0 Å². The molecule has 49 heavy (non-hydrogen) atoms. The predicted molar refractivity (Wildman–Crippen MR) is 198 cm³/mol. The molecule has 5 heteroatoms. The van der Waals surface area contributed by atoms with Crippen molar-refractivity contribution in [2.45, 2.75) is 6.92 Å².